The minimum absolute atomic E-state index is 0.296. The number of anilines is 1. The van der Waals surface area contributed by atoms with Crippen LogP contribution in [0.3, 0.4) is 0 Å². The van der Waals surface area contributed by atoms with Gasteiger partial charge in [-0.05, 0) is 18.2 Å². The number of rotatable bonds is 5. The molecule has 0 spiro atoms. The predicted octanol–water partition coefficient (Wildman–Crippen LogP) is 2.19. The van der Waals surface area contributed by atoms with Crippen molar-refractivity contribution in [1.82, 2.24) is 0 Å². The Morgan fingerprint density at radius 2 is 2.42 bits per heavy atom. The van der Waals surface area contributed by atoms with Gasteiger partial charge in [-0.1, -0.05) is 23.8 Å². The average Bonchev–Trinajstić information content (AvgIpc) is 2.85. The van der Waals surface area contributed by atoms with Gasteiger partial charge in [0.2, 0.25) is 0 Å². The zero-order valence-corrected chi connectivity index (χ0v) is 12.3. The Balaban J connectivity index is 2.14. The highest BCUT2D eigenvalue weighted by Gasteiger charge is 2.34. The van der Waals surface area contributed by atoms with Crippen molar-refractivity contribution in [3.63, 3.8) is 0 Å². The van der Waals surface area contributed by atoms with Crippen molar-refractivity contribution in [2.24, 2.45) is 5.73 Å². The molecule has 1 atom stereocenters. The Morgan fingerprint density at radius 3 is 3.00 bits per heavy atom. The van der Waals surface area contributed by atoms with E-state index in [0.717, 1.165) is 17.7 Å². The molecular weight excluding hydrogens is 284 g/mol. The fourth-order valence-electron chi connectivity index (χ4n) is 2.09. The van der Waals surface area contributed by atoms with Crippen molar-refractivity contribution in [3.05, 3.63) is 28.8 Å². The van der Waals surface area contributed by atoms with E-state index in [2.05, 4.69) is 5.32 Å². The topological polar surface area (TPSA) is 56.5 Å². The molecule has 3 N–H and O–H groups in total. The molecule has 1 saturated heterocycles. The molecule has 1 fully saturated rings. The molecule has 1 heterocycles. The maximum Gasteiger partial charge on any atom is 0.110 e. The molecule has 1 aliphatic heterocycles. The second-order valence-electron chi connectivity index (χ2n) is 4.60. The molecule has 104 valence electrons. The molecule has 4 nitrogen and oxygen atoms in total. The fraction of sp³-hybridized carbons (Fsp3) is 0.462. The molecule has 0 aliphatic carbocycles. The number of hydrogen-bond acceptors (Lipinski definition) is 4. The van der Waals surface area contributed by atoms with E-state index in [4.69, 9.17) is 39.0 Å². The summed E-state index contributed by atoms with van der Waals surface area (Å²) in [6.07, 6.45) is 0.861. The van der Waals surface area contributed by atoms with E-state index in [1.54, 1.807) is 13.2 Å². The van der Waals surface area contributed by atoms with E-state index >= 15 is 0 Å². The van der Waals surface area contributed by atoms with Crippen LogP contribution in [-0.4, -0.2) is 37.5 Å². The van der Waals surface area contributed by atoms with Gasteiger partial charge in [-0.25, -0.2) is 0 Å². The smallest absolute Gasteiger partial charge is 0.110 e. The normalized spacial score (nSPS) is 22.4. The largest absolute Gasteiger partial charge is 0.389 e. The summed E-state index contributed by atoms with van der Waals surface area (Å²) in [6.45, 7) is 1.92. The number of nitrogens with one attached hydrogen (secondary N) is 1. The van der Waals surface area contributed by atoms with E-state index in [1.165, 1.54) is 0 Å². The van der Waals surface area contributed by atoms with Crippen LogP contribution in [0.4, 0.5) is 5.69 Å². The van der Waals surface area contributed by atoms with Gasteiger partial charge in [-0.15, -0.1) is 0 Å². The number of benzene rings is 1. The molecule has 1 aromatic carbocycles. The third-order valence-corrected chi connectivity index (χ3v) is 3.80. The first-order valence-corrected chi connectivity index (χ1v) is 6.81. The van der Waals surface area contributed by atoms with Crippen LogP contribution in [0, 0.1) is 0 Å². The Morgan fingerprint density at radius 1 is 1.63 bits per heavy atom. The maximum absolute atomic E-state index is 6.01. The molecule has 2 rings (SSSR count). The van der Waals surface area contributed by atoms with Gasteiger partial charge in [0.1, 0.15) is 10.6 Å². The lowest BCUT2D eigenvalue weighted by Crippen LogP contribution is -2.39. The minimum Gasteiger partial charge on any atom is -0.389 e. The van der Waals surface area contributed by atoms with Crippen LogP contribution in [0.15, 0.2) is 18.2 Å². The van der Waals surface area contributed by atoms with E-state index < -0.39 is 0 Å². The molecule has 0 saturated carbocycles. The maximum atomic E-state index is 6.01. The quantitative estimate of drug-likeness (QED) is 0.817. The highest BCUT2D eigenvalue weighted by molar-refractivity contribution is 7.80. The van der Waals surface area contributed by atoms with Crippen LogP contribution in [0.1, 0.15) is 12.0 Å². The third kappa shape index (κ3) is 3.36. The zero-order valence-electron chi connectivity index (χ0n) is 10.7. The number of nitrogens with two attached hydrogens (primary N) is 1. The van der Waals surface area contributed by atoms with Crippen molar-refractivity contribution in [2.45, 2.75) is 12.0 Å². The zero-order chi connectivity index (χ0) is 13.9. The first-order chi connectivity index (χ1) is 9.06. The summed E-state index contributed by atoms with van der Waals surface area (Å²) >= 11 is 11.0. The van der Waals surface area contributed by atoms with E-state index in [9.17, 15) is 0 Å². The van der Waals surface area contributed by atoms with Crippen molar-refractivity contribution < 1.29 is 9.47 Å². The lowest BCUT2D eigenvalue weighted by atomic mass is 10.0. The van der Waals surface area contributed by atoms with Crippen LogP contribution >= 0.6 is 23.8 Å². The first kappa shape index (κ1) is 14.5. The molecule has 1 aromatic rings. The lowest BCUT2D eigenvalue weighted by molar-refractivity contribution is -0.00620. The molecule has 6 heteroatoms. The van der Waals surface area contributed by atoms with Crippen LogP contribution in [0.25, 0.3) is 0 Å². The number of halogens is 1. The molecule has 1 unspecified atom stereocenters. The van der Waals surface area contributed by atoms with Crippen molar-refractivity contribution in [1.29, 1.82) is 0 Å². The summed E-state index contributed by atoms with van der Waals surface area (Å²) in [5.74, 6) is 0. The van der Waals surface area contributed by atoms with Crippen LogP contribution in [-0.2, 0) is 9.47 Å². The van der Waals surface area contributed by atoms with Gasteiger partial charge in [-0.3, -0.25) is 0 Å². The van der Waals surface area contributed by atoms with Gasteiger partial charge in [0.05, 0.1) is 6.61 Å². The van der Waals surface area contributed by atoms with Gasteiger partial charge in [0.25, 0.3) is 0 Å². The molecule has 0 bridgehead atoms. The van der Waals surface area contributed by atoms with E-state index in [1.807, 2.05) is 12.1 Å². The Labute approximate surface area is 123 Å². The lowest BCUT2D eigenvalue weighted by Gasteiger charge is -2.27. The number of methoxy groups -OCH3 is 1. The summed E-state index contributed by atoms with van der Waals surface area (Å²) in [5, 5.41) is 3.95. The highest BCUT2D eigenvalue weighted by Crippen LogP contribution is 2.26. The van der Waals surface area contributed by atoms with Gasteiger partial charge in [0, 0.05) is 43.0 Å². The minimum atomic E-state index is -0.296. The molecule has 1 aliphatic rings. The Hall–Kier alpha value is -0.880. The second kappa shape index (κ2) is 6.05. The standard InChI is InChI=1S/C13H17ClN2O2S/c1-17-13(4-5-18-8-13)7-16-11-6-9(14)2-3-10(11)12(15)19/h2-3,6,16H,4-5,7-8H2,1H3,(H2,15,19). The molecule has 19 heavy (non-hydrogen) atoms. The molecule has 0 radical (unpaired) electrons. The SMILES string of the molecule is COC1(CNc2cc(Cl)ccc2C(N)=S)CCOC1. The van der Waals surface area contributed by atoms with Crippen molar-refractivity contribution >= 4 is 34.5 Å². The molecule has 0 amide bonds. The van der Waals surface area contributed by atoms with Gasteiger partial charge >= 0.3 is 0 Å². The highest BCUT2D eigenvalue weighted by atomic mass is 35.5. The number of thiocarbonyl (C=S) groups is 1. The van der Waals surface area contributed by atoms with Crippen LogP contribution < -0.4 is 11.1 Å². The van der Waals surface area contributed by atoms with E-state index in [-0.39, 0.29) is 5.60 Å². The van der Waals surface area contributed by atoms with Crippen LogP contribution in [0.5, 0.6) is 0 Å². The molecule has 0 aromatic heterocycles. The van der Waals surface area contributed by atoms with Crippen molar-refractivity contribution in [3.8, 4) is 0 Å². The second-order valence-corrected chi connectivity index (χ2v) is 5.47. The Bertz CT molecular complexity index is 476. The predicted molar refractivity (Wildman–Crippen MR) is 81.0 cm³/mol. The summed E-state index contributed by atoms with van der Waals surface area (Å²) in [7, 11) is 1.70. The average molecular weight is 301 g/mol. The van der Waals surface area contributed by atoms with E-state index in [0.29, 0.717) is 29.8 Å². The third-order valence-electron chi connectivity index (χ3n) is 3.35. The monoisotopic (exact) mass is 300 g/mol. The van der Waals surface area contributed by atoms with Gasteiger partial charge in [-0.2, -0.15) is 0 Å². The summed E-state index contributed by atoms with van der Waals surface area (Å²) in [4.78, 5) is 0.341. The fourth-order valence-corrected chi connectivity index (χ4v) is 2.45. The van der Waals surface area contributed by atoms with Crippen molar-refractivity contribution in [2.75, 3.05) is 32.2 Å². The summed E-state index contributed by atoms with van der Waals surface area (Å²) < 4.78 is 11.0. The number of ether oxygens (including phenoxy) is 2. The summed E-state index contributed by atoms with van der Waals surface area (Å²) in [5.41, 5.74) is 7.01. The van der Waals surface area contributed by atoms with Gasteiger partial charge in [0.15, 0.2) is 0 Å². The Kier molecular flexibility index (Phi) is 4.62. The van der Waals surface area contributed by atoms with Crippen LogP contribution in [0.2, 0.25) is 5.02 Å². The number of hydrogen-bond donors (Lipinski definition) is 2. The first-order valence-electron chi connectivity index (χ1n) is 6.02. The summed E-state index contributed by atoms with van der Waals surface area (Å²) in [6, 6.07) is 5.40. The molecular formula is C13H17ClN2O2S. The van der Waals surface area contributed by atoms with Gasteiger partial charge < -0.3 is 20.5 Å².